The van der Waals surface area contributed by atoms with Crippen molar-refractivity contribution in [2.24, 2.45) is 11.5 Å². The molecule has 4 rings (SSSR count). The molecule has 0 fully saturated rings. The number of hydrogen-bond donors (Lipinski definition) is 2. The van der Waals surface area contributed by atoms with Gasteiger partial charge in [-0.25, -0.2) is 4.68 Å². The molecule has 0 saturated heterocycles. The number of carbonyl (C=O) groups excluding carboxylic acids is 1. The third kappa shape index (κ3) is 3.94. The third-order valence-corrected chi connectivity index (χ3v) is 5.37. The Balaban J connectivity index is 1.86. The average molecular weight is 445 g/mol. The summed E-state index contributed by atoms with van der Waals surface area (Å²) in [5, 5.41) is 14.6. The van der Waals surface area contributed by atoms with Crippen molar-refractivity contribution >= 4 is 5.91 Å². The van der Waals surface area contributed by atoms with E-state index in [1.165, 1.54) is 7.11 Å². The average Bonchev–Trinajstić information content (AvgIpc) is 3.12. The van der Waals surface area contributed by atoms with E-state index >= 15 is 0 Å². The zero-order valence-electron chi connectivity index (χ0n) is 18.5. The number of methoxy groups -OCH3 is 1. The molecular weight excluding hydrogens is 422 g/mol. The van der Waals surface area contributed by atoms with Crippen LogP contribution in [-0.2, 0) is 4.79 Å². The van der Waals surface area contributed by atoms with Crippen LogP contribution in [0.5, 0.6) is 17.4 Å². The van der Waals surface area contributed by atoms with Gasteiger partial charge in [0.15, 0.2) is 18.1 Å². The molecule has 33 heavy (non-hydrogen) atoms. The van der Waals surface area contributed by atoms with E-state index in [1.807, 2.05) is 38.1 Å². The Labute approximate surface area is 190 Å². The minimum Gasteiger partial charge on any atom is -0.493 e. The highest BCUT2D eigenvalue weighted by atomic mass is 16.5. The van der Waals surface area contributed by atoms with Crippen LogP contribution in [0.4, 0.5) is 0 Å². The molecule has 1 unspecified atom stereocenters. The van der Waals surface area contributed by atoms with Crippen LogP contribution in [0.3, 0.4) is 0 Å². The normalized spacial score (nSPS) is 14.8. The van der Waals surface area contributed by atoms with E-state index in [0.717, 1.165) is 22.4 Å². The van der Waals surface area contributed by atoms with Gasteiger partial charge in [0.05, 0.1) is 30.0 Å². The second-order valence-corrected chi connectivity index (χ2v) is 7.65. The number of hydrogen-bond acceptors (Lipinski definition) is 7. The number of nitrogens with zero attached hydrogens (tertiary/aromatic N) is 3. The monoisotopic (exact) mass is 445 g/mol. The molecule has 1 atom stereocenters. The van der Waals surface area contributed by atoms with Gasteiger partial charge in [0.1, 0.15) is 11.6 Å². The van der Waals surface area contributed by atoms with E-state index in [4.69, 9.17) is 25.7 Å². The summed E-state index contributed by atoms with van der Waals surface area (Å²) in [5.74, 6) is 0.0778. The minimum absolute atomic E-state index is 0.0109. The van der Waals surface area contributed by atoms with Gasteiger partial charge in [0.2, 0.25) is 11.8 Å². The number of primary amides is 1. The Bertz CT molecular complexity index is 1320. The minimum atomic E-state index is -0.600. The first-order valence-electron chi connectivity index (χ1n) is 10.2. The predicted octanol–water partition coefficient (Wildman–Crippen LogP) is 2.58. The maximum absolute atomic E-state index is 11.1. The van der Waals surface area contributed by atoms with Gasteiger partial charge in [0, 0.05) is 0 Å². The van der Waals surface area contributed by atoms with Gasteiger partial charge >= 0.3 is 0 Å². The molecule has 1 aliphatic heterocycles. The number of allylic oxidation sites excluding steroid dienone is 1. The summed E-state index contributed by atoms with van der Waals surface area (Å²) < 4.78 is 18.5. The molecule has 3 aromatic rings. The van der Waals surface area contributed by atoms with Crippen molar-refractivity contribution < 1.29 is 19.0 Å². The fourth-order valence-corrected chi connectivity index (χ4v) is 3.91. The van der Waals surface area contributed by atoms with Crippen molar-refractivity contribution in [3.05, 3.63) is 76.3 Å². The van der Waals surface area contributed by atoms with Gasteiger partial charge in [-0.3, -0.25) is 4.79 Å². The molecule has 0 aliphatic carbocycles. The highest BCUT2D eigenvalue weighted by Crippen LogP contribution is 2.46. The first kappa shape index (κ1) is 21.8. The molecule has 9 nitrogen and oxygen atoms in total. The summed E-state index contributed by atoms with van der Waals surface area (Å²) in [5.41, 5.74) is 15.7. The standard InChI is InChI=1S/C24H23N5O4/c1-13-5-4-6-16(9-13)29-24-21(14(2)28-29)22(17(11-25)23(27)33-24)15-7-8-18(19(10-15)31-3)32-12-20(26)30/h4-10,22H,12,27H2,1-3H3,(H2,26,30). The summed E-state index contributed by atoms with van der Waals surface area (Å²) in [7, 11) is 1.49. The van der Waals surface area contributed by atoms with Crippen LogP contribution in [0.25, 0.3) is 5.69 Å². The number of ether oxygens (including phenoxy) is 3. The largest absolute Gasteiger partial charge is 0.493 e. The summed E-state index contributed by atoms with van der Waals surface area (Å²) in [6, 6.07) is 15.2. The van der Waals surface area contributed by atoms with Crippen molar-refractivity contribution in [1.29, 1.82) is 5.26 Å². The zero-order valence-corrected chi connectivity index (χ0v) is 18.5. The molecule has 1 aliphatic rings. The summed E-state index contributed by atoms with van der Waals surface area (Å²) in [6.45, 7) is 3.57. The maximum atomic E-state index is 11.1. The first-order valence-corrected chi connectivity index (χ1v) is 10.2. The van der Waals surface area contributed by atoms with Gasteiger partial charge < -0.3 is 25.7 Å². The van der Waals surface area contributed by atoms with Crippen LogP contribution in [0, 0.1) is 25.2 Å². The molecule has 4 N–H and O–H groups in total. The number of rotatable bonds is 6. The fraction of sp³-hybridized carbons (Fsp3) is 0.208. The lowest BCUT2D eigenvalue weighted by molar-refractivity contribution is -0.119. The van der Waals surface area contributed by atoms with Gasteiger partial charge in [-0.2, -0.15) is 10.4 Å². The SMILES string of the molecule is COc1cc(C2C(C#N)=C(N)Oc3c2c(C)nn3-c2cccc(C)c2)ccc1OCC(N)=O. The zero-order chi connectivity index (χ0) is 23.7. The number of benzene rings is 2. The Morgan fingerprint density at radius 1 is 1.24 bits per heavy atom. The Hall–Kier alpha value is -4.45. The van der Waals surface area contributed by atoms with Crippen LogP contribution < -0.4 is 25.7 Å². The quantitative estimate of drug-likeness (QED) is 0.594. The molecule has 2 heterocycles. The summed E-state index contributed by atoms with van der Waals surface area (Å²) in [4.78, 5) is 11.1. The van der Waals surface area contributed by atoms with E-state index in [9.17, 15) is 10.1 Å². The molecular formula is C24H23N5O4. The number of aromatic nitrogens is 2. The van der Waals surface area contributed by atoms with Crippen LogP contribution in [0.15, 0.2) is 53.9 Å². The number of amides is 1. The van der Waals surface area contributed by atoms with Crippen LogP contribution in [0.2, 0.25) is 0 Å². The summed E-state index contributed by atoms with van der Waals surface area (Å²) in [6.07, 6.45) is 0. The number of aryl methyl sites for hydroxylation is 2. The van der Waals surface area contributed by atoms with Gasteiger partial charge in [-0.05, 0) is 49.2 Å². The highest BCUT2D eigenvalue weighted by molar-refractivity contribution is 5.75. The lowest BCUT2D eigenvalue weighted by Crippen LogP contribution is -2.22. The lowest BCUT2D eigenvalue weighted by Gasteiger charge is -2.25. The molecule has 0 radical (unpaired) electrons. The van der Waals surface area contributed by atoms with Crippen LogP contribution >= 0.6 is 0 Å². The smallest absolute Gasteiger partial charge is 0.255 e. The van der Waals surface area contributed by atoms with Crippen molar-refractivity contribution in [2.75, 3.05) is 13.7 Å². The highest BCUT2D eigenvalue weighted by Gasteiger charge is 2.36. The van der Waals surface area contributed by atoms with E-state index in [1.54, 1.807) is 22.9 Å². The van der Waals surface area contributed by atoms with Gasteiger partial charge in [-0.15, -0.1) is 0 Å². The lowest BCUT2D eigenvalue weighted by atomic mass is 9.84. The first-order chi connectivity index (χ1) is 15.8. The molecule has 168 valence electrons. The van der Waals surface area contributed by atoms with E-state index in [-0.39, 0.29) is 18.1 Å². The third-order valence-electron chi connectivity index (χ3n) is 5.37. The molecule has 0 saturated carbocycles. The molecule has 1 aromatic heterocycles. The molecule has 0 spiro atoms. The number of fused-ring (bicyclic) bond motifs is 1. The van der Waals surface area contributed by atoms with Crippen LogP contribution in [-0.4, -0.2) is 29.4 Å². The Kier molecular flexibility index (Phi) is 5.67. The predicted molar refractivity (Wildman–Crippen MR) is 120 cm³/mol. The van der Waals surface area contributed by atoms with Crippen molar-refractivity contribution in [2.45, 2.75) is 19.8 Å². The van der Waals surface area contributed by atoms with Gasteiger partial charge in [0.25, 0.3) is 5.91 Å². The van der Waals surface area contributed by atoms with Crippen molar-refractivity contribution in [3.63, 3.8) is 0 Å². The summed E-state index contributed by atoms with van der Waals surface area (Å²) >= 11 is 0. The van der Waals surface area contributed by atoms with Crippen LogP contribution in [0.1, 0.15) is 28.3 Å². The van der Waals surface area contributed by atoms with E-state index in [2.05, 4.69) is 11.2 Å². The Morgan fingerprint density at radius 3 is 2.70 bits per heavy atom. The van der Waals surface area contributed by atoms with Crippen molar-refractivity contribution in [3.8, 4) is 29.1 Å². The number of nitrogens with two attached hydrogens (primary N) is 2. The Morgan fingerprint density at radius 2 is 2.03 bits per heavy atom. The molecule has 2 aromatic carbocycles. The maximum Gasteiger partial charge on any atom is 0.255 e. The second-order valence-electron chi connectivity index (χ2n) is 7.65. The fourth-order valence-electron chi connectivity index (χ4n) is 3.91. The number of carbonyl (C=O) groups is 1. The van der Waals surface area contributed by atoms with Gasteiger partial charge in [-0.1, -0.05) is 18.2 Å². The molecule has 9 heteroatoms. The van der Waals surface area contributed by atoms with Crippen molar-refractivity contribution in [1.82, 2.24) is 9.78 Å². The molecule has 1 amide bonds. The second kappa shape index (κ2) is 8.59. The number of nitriles is 1. The van der Waals surface area contributed by atoms with E-state index < -0.39 is 11.8 Å². The topological polar surface area (TPSA) is 138 Å². The van der Waals surface area contributed by atoms with E-state index in [0.29, 0.717) is 23.1 Å². The molecule has 0 bridgehead atoms.